The van der Waals surface area contributed by atoms with Gasteiger partial charge in [0.15, 0.2) is 0 Å². The Bertz CT molecular complexity index is 282. The molecule has 4 heteroatoms. The van der Waals surface area contributed by atoms with Crippen molar-refractivity contribution in [3.8, 4) is 0 Å². The van der Waals surface area contributed by atoms with Crippen LogP contribution < -0.4 is 5.73 Å². The van der Waals surface area contributed by atoms with Crippen molar-refractivity contribution < 1.29 is 0 Å². The molecule has 4 nitrogen and oxygen atoms in total. The topological polar surface area (TPSA) is 47.1 Å². The van der Waals surface area contributed by atoms with E-state index in [1.54, 1.807) is 0 Å². The highest BCUT2D eigenvalue weighted by Gasteiger charge is 2.15. The summed E-state index contributed by atoms with van der Waals surface area (Å²) in [6.07, 6.45) is 5.14. The van der Waals surface area contributed by atoms with Crippen molar-refractivity contribution in [3.05, 3.63) is 18.0 Å². The second-order valence-corrected chi connectivity index (χ2v) is 3.86. The van der Waals surface area contributed by atoms with E-state index in [9.17, 15) is 0 Å². The monoisotopic (exact) mass is 210 g/mol. The van der Waals surface area contributed by atoms with E-state index < -0.39 is 0 Å². The Balaban J connectivity index is 2.73. The van der Waals surface area contributed by atoms with E-state index >= 15 is 0 Å². The van der Waals surface area contributed by atoms with Crippen LogP contribution in [0.25, 0.3) is 0 Å². The lowest BCUT2D eigenvalue weighted by Gasteiger charge is -2.24. The second-order valence-electron chi connectivity index (χ2n) is 3.86. The van der Waals surface area contributed by atoms with Gasteiger partial charge in [-0.15, -0.1) is 0 Å². The van der Waals surface area contributed by atoms with Gasteiger partial charge in [-0.3, -0.25) is 9.58 Å². The zero-order chi connectivity index (χ0) is 11.3. The standard InChI is InChI=1S/C11H22N4/c1-4-6-15-9-10(8-13-15)11(7-12)14(3)5-2/h8-9,11H,4-7,12H2,1-3H3. The minimum Gasteiger partial charge on any atom is -0.329 e. The molecule has 0 aliphatic carbocycles. The summed E-state index contributed by atoms with van der Waals surface area (Å²) in [5, 5.41) is 4.33. The number of likely N-dealkylation sites (N-methyl/N-ethyl adjacent to an activating group) is 1. The number of aryl methyl sites for hydroxylation is 1. The predicted octanol–water partition coefficient (Wildman–Crippen LogP) is 1.24. The molecular formula is C11H22N4. The Morgan fingerprint density at radius 1 is 1.53 bits per heavy atom. The molecule has 15 heavy (non-hydrogen) atoms. The molecule has 0 spiro atoms. The van der Waals surface area contributed by atoms with Crippen LogP contribution in [0.2, 0.25) is 0 Å². The van der Waals surface area contributed by atoms with Gasteiger partial charge in [-0.2, -0.15) is 5.10 Å². The summed E-state index contributed by atoms with van der Waals surface area (Å²) >= 11 is 0. The van der Waals surface area contributed by atoms with Gasteiger partial charge < -0.3 is 5.73 Å². The highest BCUT2D eigenvalue weighted by molar-refractivity contribution is 5.11. The van der Waals surface area contributed by atoms with Crippen LogP contribution in [0.3, 0.4) is 0 Å². The average Bonchev–Trinajstić information content (AvgIpc) is 2.68. The maximum absolute atomic E-state index is 5.79. The third-order valence-corrected chi connectivity index (χ3v) is 2.74. The van der Waals surface area contributed by atoms with Crippen molar-refractivity contribution in [1.29, 1.82) is 0 Å². The molecule has 0 aromatic carbocycles. The number of rotatable bonds is 6. The van der Waals surface area contributed by atoms with Crippen LogP contribution in [-0.2, 0) is 6.54 Å². The highest BCUT2D eigenvalue weighted by Crippen LogP contribution is 2.16. The fraction of sp³-hybridized carbons (Fsp3) is 0.727. The molecule has 1 unspecified atom stereocenters. The lowest BCUT2D eigenvalue weighted by molar-refractivity contribution is 0.263. The number of nitrogens with two attached hydrogens (primary N) is 1. The van der Waals surface area contributed by atoms with Gasteiger partial charge in [0.05, 0.1) is 6.20 Å². The average molecular weight is 210 g/mol. The first-order chi connectivity index (χ1) is 7.22. The Hall–Kier alpha value is -0.870. The van der Waals surface area contributed by atoms with Crippen molar-refractivity contribution >= 4 is 0 Å². The summed E-state index contributed by atoms with van der Waals surface area (Å²) in [6.45, 7) is 6.91. The zero-order valence-corrected chi connectivity index (χ0v) is 9.98. The molecule has 1 aromatic rings. The summed E-state index contributed by atoms with van der Waals surface area (Å²) in [7, 11) is 2.09. The number of hydrogen-bond donors (Lipinski definition) is 1. The van der Waals surface area contributed by atoms with Gasteiger partial charge >= 0.3 is 0 Å². The fourth-order valence-electron chi connectivity index (χ4n) is 1.69. The molecule has 0 aliphatic heterocycles. The molecule has 0 saturated heterocycles. The minimum absolute atomic E-state index is 0.292. The number of aromatic nitrogens is 2. The van der Waals surface area contributed by atoms with Gasteiger partial charge in [0.1, 0.15) is 0 Å². The Morgan fingerprint density at radius 2 is 2.27 bits per heavy atom. The summed E-state index contributed by atoms with van der Waals surface area (Å²) in [5.41, 5.74) is 7.00. The summed E-state index contributed by atoms with van der Waals surface area (Å²) < 4.78 is 1.99. The van der Waals surface area contributed by atoms with Gasteiger partial charge in [0, 0.05) is 30.9 Å². The Labute approximate surface area is 92.1 Å². The third-order valence-electron chi connectivity index (χ3n) is 2.74. The van der Waals surface area contributed by atoms with E-state index in [0.717, 1.165) is 19.5 Å². The van der Waals surface area contributed by atoms with Crippen LogP contribution in [0.5, 0.6) is 0 Å². The van der Waals surface area contributed by atoms with E-state index in [1.807, 2.05) is 10.9 Å². The van der Waals surface area contributed by atoms with Crippen molar-refractivity contribution in [2.45, 2.75) is 32.9 Å². The highest BCUT2D eigenvalue weighted by atomic mass is 15.3. The maximum atomic E-state index is 5.79. The SMILES string of the molecule is CCCn1cc(C(CN)N(C)CC)cn1. The molecule has 0 aliphatic rings. The summed E-state index contributed by atoms with van der Waals surface area (Å²) in [6, 6.07) is 0.292. The first-order valence-electron chi connectivity index (χ1n) is 5.65. The first-order valence-corrected chi connectivity index (χ1v) is 5.65. The van der Waals surface area contributed by atoms with E-state index in [-0.39, 0.29) is 0 Å². The number of hydrogen-bond acceptors (Lipinski definition) is 3. The first kappa shape index (κ1) is 12.2. The smallest absolute Gasteiger partial charge is 0.0538 e. The normalized spacial score (nSPS) is 13.4. The van der Waals surface area contributed by atoms with Gasteiger partial charge in [0.2, 0.25) is 0 Å². The molecule has 0 fully saturated rings. The largest absolute Gasteiger partial charge is 0.329 e. The molecule has 0 bridgehead atoms. The van der Waals surface area contributed by atoms with Crippen molar-refractivity contribution in [2.24, 2.45) is 5.73 Å². The molecule has 1 rings (SSSR count). The van der Waals surface area contributed by atoms with Crippen LogP contribution in [-0.4, -0.2) is 34.8 Å². The molecule has 2 N–H and O–H groups in total. The molecule has 0 amide bonds. The van der Waals surface area contributed by atoms with Gasteiger partial charge in [-0.25, -0.2) is 0 Å². The molecule has 1 aromatic heterocycles. The van der Waals surface area contributed by atoms with Crippen LogP contribution in [0.4, 0.5) is 0 Å². The van der Waals surface area contributed by atoms with E-state index in [4.69, 9.17) is 5.73 Å². The molecule has 1 heterocycles. The summed E-state index contributed by atoms with van der Waals surface area (Å²) in [5.74, 6) is 0. The fourth-order valence-corrected chi connectivity index (χ4v) is 1.69. The van der Waals surface area contributed by atoms with Crippen molar-refractivity contribution in [2.75, 3.05) is 20.1 Å². The Morgan fingerprint density at radius 3 is 2.80 bits per heavy atom. The van der Waals surface area contributed by atoms with Crippen LogP contribution in [0, 0.1) is 0 Å². The maximum Gasteiger partial charge on any atom is 0.0538 e. The van der Waals surface area contributed by atoms with Gasteiger partial charge in [0.25, 0.3) is 0 Å². The summed E-state index contributed by atoms with van der Waals surface area (Å²) in [4.78, 5) is 2.24. The van der Waals surface area contributed by atoms with Crippen LogP contribution in [0.1, 0.15) is 31.9 Å². The third kappa shape index (κ3) is 3.04. The molecule has 0 radical (unpaired) electrons. The quantitative estimate of drug-likeness (QED) is 0.768. The van der Waals surface area contributed by atoms with E-state index in [0.29, 0.717) is 12.6 Å². The predicted molar refractivity (Wildman–Crippen MR) is 62.6 cm³/mol. The lowest BCUT2D eigenvalue weighted by Crippen LogP contribution is -2.30. The Kier molecular flexibility index (Phi) is 4.78. The van der Waals surface area contributed by atoms with Crippen LogP contribution in [0.15, 0.2) is 12.4 Å². The van der Waals surface area contributed by atoms with Crippen molar-refractivity contribution in [1.82, 2.24) is 14.7 Å². The molecule has 1 atom stereocenters. The molecular weight excluding hydrogens is 188 g/mol. The number of nitrogens with zero attached hydrogens (tertiary/aromatic N) is 3. The zero-order valence-electron chi connectivity index (χ0n) is 9.98. The van der Waals surface area contributed by atoms with Gasteiger partial charge in [-0.1, -0.05) is 13.8 Å². The lowest BCUT2D eigenvalue weighted by atomic mass is 10.1. The van der Waals surface area contributed by atoms with E-state index in [2.05, 4.69) is 37.1 Å². The van der Waals surface area contributed by atoms with E-state index in [1.165, 1.54) is 5.56 Å². The van der Waals surface area contributed by atoms with Crippen molar-refractivity contribution in [3.63, 3.8) is 0 Å². The molecule has 86 valence electrons. The second kappa shape index (κ2) is 5.88. The van der Waals surface area contributed by atoms with Gasteiger partial charge in [-0.05, 0) is 20.0 Å². The molecule has 0 saturated carbocycles. The minimum atomic E-state index is 0.292. The van der Waals surface area contributed by atoms with Crippen LogP contribution >= 0.6 is 0 Å².